The van der Waals surface area contributed by atoms with Crippen LogP contribution in [0, 0.1) is 0 Å². The molecule has 0 amide bonds. The van der Waals surface area contributed by atoms with E-state index in [0.717, 1.165) is 26.2 Å². The second-order valence-corrected chi connectivity index (χ2v) is 5.14. The largest absolute Gasteiger partial charge is 0.312 e. The van der Waals surface area contributed by atoms with E-state index < -0.39 is 0 Å². The maximum absolute atomic E-state index is 3.44. The van der Waals surface area contributed by atoms with Crippen LogP contribution in [0.2, 0.25) is 0 Å². The van der Waals surface area contributed by atoms with Gasteiger partial charge in [0.1, 0.15) is 0 Å². The molecule has 94 valence electrons. The molecule has 0 fully saturated rings. The van der Waals surface area contributed by atoms with Gasteiger partial charge < -0.3 is 5.32 Å². The van der Waals surface area contributed by atoms with Gasteiger partial charge in [0.05, 0.1) is 0 Å². The van der Waals surface area contributed by atoms with Crippen LogP contribution in [0.25, 0.3) is 0 Å². The van der Waals surface area contributed by atoms with Crippen LogP contribution in [-0.4, -0.2) is 24.0 Å². The Hall–Kier alpha value is -0.860. The van der Waals surface area contributed by atoms with Crippen LogP contribution in [0.5, 0.6) is 0 Å². The van der Waals surface area contributed by atoms with Crippen molar-refractivity contribution in [3.63, 3.8) is 0 Å². The molecule has 0 radical (unpaired) electrons. The quantitative estimate of drug-likeness (QED) is 0.858. The number of rotatable bonds is 4. The fourth-order valence-corrected chi connectivity index (χ4v) is 2.64. The predicted octanol–water partition coefficient (Wildman–Crippen LogP) is 2.56. The van der Waals surface area contributed by atoms with Gasteiger partial charge in [-0.1, -0.05) is 25.1 Å². The van der Waals surface area contributed by atoms with Gasteiger partial charge in [-0.15, -0.1) is 0 Å². The summed E-state index contributed by atoms with van der Waals surface area (Å²) in [6.07, 6.45) is 1.18. The van der Waals surface area contributed by atoms with E-state index >= 15 is 0 Å². The Labute approximate surface area is 105 Å². The van der Waals surface area contributed by atoms with E-state index in [1.165, 1.54) is 17.5 Å². The molecule has 2 rings (SSSR count). The maximum atomic E-state index is 3.44. The van der Waals surface area contributed by atoms with Crippen LogP contribution in [0.1, 0.15) is 37.5 Å². The highest BCUT2D eigenvalue weighted by Crippen LogP contribution is 2.20. The molecule has 1 aromatic carbocycles. The summed E-state index contributed by atoms with van der Waals surface area (Å²) in [6.45, 7) is 11.2. The van der Waals surface area contributed by atoms with E-state index in [0.29, 0.717) is 6.04 Å². The van der Waals surface area contributed by atoms with Crippen molar-refractivity contribution in [2.24, 2.45) is 0 Å². The minimum absolute atomic E-state index is 0.623. The van der Waals surface area contributed by atoms with Crippen LogP contribution < -0.4 is 5.32 Å². The normalized spacial score (nSPS) is 15.4. The molecule has 0 saturated heterocycles. The number of nitrogens with one attached hydrogen (secondary N) is 1. The second kappa shape index (κ2) is 5.65. The van der Waals surface area contributed by atoms with Gasteiger partial charge in [0.2, 0.25) is 0 Å². The third kappa shape index (κ3) is 2.88. The first-order chi connectivity index (χ1) is 8.22. The fourth-order valence-electron chi connectivity index (χ4n) is 2.64. The zero-order chi connectivity index (χ0) is 12.3. The molecule has 1 aromatic rings. The molecule has 1 aliphatic rings. The Bertz CT molecular complexity index is 371. The van der Waals surface area contributed by atoms with Gasteiger partial charge in [-0.3, -0.25) is 4.90 Å². The lowest BCUT2D eigenvalue weighted by atomic mass is 9.95. The third-order valence-electron chi connectivity index (χ3n) is 3.75. The van der Waals surface area contributed by atoms with Crippen molar-refractivity contribution in [3.05, 3.63) is 34.9 Å². The average Bonchev–Trinajstić information content (AvgIpc) is 2.35. The number of nitrogens with zero attached hydrogens (tertiary/aromatic N) is 1. The summed E-state index contributed by atoms with van der Waals surface area (Å²) in [6, 6.07) is 7.39. The lowest BCUT2D eigenvalue weighted by molar-refractivity contribution is 0.224. The monoisotopic (exact) mass is 232 g/mol. The maximum Gasteiger partial charge on any atom is 0.0239 e. The molecule has 2 heteroatoms. The molecule has 0 spiro atoms. The summed E-state index contributed by atoms with van der Waals surface area (Å²) in [5.74, 6) is 0. The summed E-state index contributed by atoms with van der Waals surface area (Å²) in [4.78, 5) is 2.53. The van der Waals surface area contributed by atoms with Gasteiger partial charge in [0.25, 0.3) is 0 Å². The second-order valence-electron chi connectivity index (χ2n) is 5.14. The Morgan fingerprint density at radius 1 is 1.35 bits per heavy atom. The third-order valence-corrected chi connectivity index (χ3v) is 3.75. The van der Waals surface area contributed by atoms with Crippen molar-refractivity contribution in [1.82, 2.24) is 10.2 Å². The topological polar surface area (TPSA) is 15.3 Å². The van der Waals surface area contributed by atoms with E-state index in [2.05, 4.69) is 49.2 Å². The summed E-state index contributed by atoms with van der Waals surface area (Å²) >= 11 is 0. The summed E-state index contributed by atoms with van der Waals surface area (Å²) < 4.78 is 0. The van der Waals surface area contributed by atoms with Crippen molar-refractivity contribution in [3.8, 4) is 0 Å². The van der Waals surface area contributed by atoms with Crippen LogP contribution in [0.4, 0.5) is 0 Å². The molecule has 1 aliphatic heterocycles. The van der Waals surface area contributed by atoms with Crippen molar-refractivity contribution < 1.29 is 0 Å². The first-order valence-electron chi connectivity index (χ1n) is 6.76. The van der Waals surface area contributed by atoms with Crippen LogP contribution in [0.3, 0.4) is 0 Å². The predicted molar refractivity (Wildman–Crippen MR) is 73.1 cm³/mol. The van der Waals surface area contributed by atoms with E-state index in [9.17, 15) is 0 Å². The van der Waals surface area contributed by atoms with Gasteiger partial charge in [0.15, 0.2) is 0 Å². The van der Waals surface area contributed by atoms with Crippen LogP contribution >= 0.6 is 0 Å². The molecule has 0 unspecified atom stereocenters. The van der Waals surface area contributed by atoms with Gasteiger partial charge in [0, 0.05) is 19.1 Å². The molecular formula is C15H24N2. The number of benzene rings is 1. The highest BCUT2D eigenvalue weighted by molar-refractivity contribution is 5.37. The average molecular weight is 232 g/mol. The van der Waals surface area contributed by atoms with Crippen molar-refractivity contribution in [2.45, 2.75) is 46.3 Å². The molecule has 0 atom stereocenters. The standard InChI is InChI=1S/C15H24N2/c1-4-17(12(2)3)11-14-7-5-6-13-10-16-9-8-15(13)14/h5-7,12,16H,4,8-11H2,1-3H3. The lowest BCUT2D eigenvalue weighted by Crippen LogP contribution is -2.31. The molecule has 17 heavy (non-hydrogen) atoms. The Morgan fingerprint density at radius 3 is 2.88 bits per heavy atom. The van der Waals surface area contributed by atoms with Crippen LogP contribution in [0.15, 0.2) is 18.2 Å². The smallest absolute Gasteiger partial charge is 0.0239 e. The molecule has 0 aliphatic carbocycles. The van der Waals surface area contributed by atoms with E-state index in [-0.39, 0.29) is 0 Å². The van der Waals surface area contributed by atoms with Gasteiger partial charge in [-0.05, 0) is 50.0 Å². The minimum Gasteiger partial charge on any atom is -0.312 e. The minimum atomic E-state index is 0.623. The van der Waals surface area contributed by atoms with Crippen molar-refractivity contribution in [2.75, 3.05) is 13.1 Å². The lowest BCUT2D eigenvalue weighted by Gasteiger charge is -2.28. The summed E-state index contributed by atoms with van der Waals surface area (Å²) in [7, 11) is 0. The molecule has 0 aromatic heterocycles. The van der Waals surface area contributed by atoms with Gasteiger partial charge in [-0.2, -0.15) is 0 Å². The fraction of sp³-hybridized carbons (Fsp3) is 0.600. The Morgan fingerprint density at radius 2 is 2.18 bits per heavy atom. The number of fused-ring (bicyclic) bond motifs is 1. The molecule has 2 nitrogen and oxygen atoms in total. The molecule has 1 N–H and O–H groups in total. The highest BCUT2D eigenvalue weighted by atomic mass is 15.1. The number of hydrogen-bond acceptors (Lipinski definition) is 2. The van der Waals surface area contributed by atoms with E-state index in [4.69, 9.17) is 0 Å². The van der Waals surface area contributed by atoms with Gasteiger partial charge >= 0.3 is 0 Å². The summed E-state index contributed by atoms with van der Waals surface area (Å²) in [5, 5.41) is 3.44. The molecule has 1 heterocycles. The first kappa shape index (κ1) is 12.6. The Balaban J connectivity index is 2.20. The number of hydrogen-bond donors (Lipinski definition) is 1. The van der Waals surface area contributed by atoms with Crippen LogP contribution in [-0.2, 0) is 19.5 Å². The SMILES string of the molecule is CCN(Cc1cccc2c1CCNC2)C(C)C. The zero-order valence-electron chi connectivity index (χ0n) is 11.3. The zero-order valence-corrected chi connectivity index (χ0v) is 11.3. The van der Waals surface area contributed by atoms with Gasteiger partial charge in [-0.25, -0.2) is 0 Å². The van der Waals surface area contributed by atoms with E-state index in [1.54, 1.807) is 5.56 Å². The molecule has 0 bridgehead atoms. The first-order valence-corrected chi connectivity index (χ1v) is 6.76. The van der Waals surface area contributed by atoms with Crippen molar-refractivity contribution >= 4 is 0 Å². The van der Waals surface area contributed by atoms with E-state index in [1.807, 2.05) is 0 Å². The summed E-state index contributed by atoms with van der Waals surface area (Å²) in [5.41, 5.74) is 4.61. The Kier molecular flexibility index (Phi) is 4.19. The molecule has 0 saturated carbocycles. The molecular weight excluding hydrogens is 208 g/mol. The van der Waals surface area contributed by atoms with Crippen molar-refractivity contribution in [1.29, 1.82) is 0 Å². The highest BCUT2D eigenvalue weighted by Gasteiger charge is 2.15.